The zero-order valence-electron chi connectivity index (χ0n) is 11.9. The molecule has 1 unspecified atom stereocenters. The third-order valence-electron chi connectivity index (χ3n) is 2.69. The van der Waals surface area contributed by atoms with Crippen molar-refractivity contribution >= 4 is 17.6 Å². The number of rotatable bonds is 6. The highest BCUT2D eigenvalue weighted by Gasteiger charge is 2.24. The molecule has 0 aromatic heterocycles. The molecular formula is C14H20N2O4. The highest BCUT2D eigenvalue weighted by molar-refractivity contribution is 5.85. The molecule has 0 fully saturated rings. The Balaban J connectivity index is 2.49. The summed E-state index contributed by atoms with van der Waals surface area (Å²) < 4.78 is 9.94. The number of esters is 1. The van der Waals surface area contributed by atoms with Crippen LogP contribution in [0.1, 0.15) is 13.8 Å². The molecule has 0 radical (unpaired) electrons. The fourth-order valence-electron chi connectivity index (χ4n) is 1.55. The summed E-state index contributed by atoms with van der Waals surface area (Å²) in [6.45, 7) is 3.47. The molecule has 6 heteroatoms. The van der Waals surface area contributed by atoms with E-state index in [-0.39, 0.29) is 18.4 Å². The lowest BCUT2D eigenvalue weighted by Gasteiger charge is -2.19. The van der Waals surface area contributed by atoms with Crippen molar-refractivity contribution in [2.75, 3.05) is 19.5 Å². The molecule has 1 aromatic carbocycles. The van der Waals surface area contributed by atoms with Crippen molar-refractivity contribution in [3.8, 4) is 5.75 Å². The first kappa shape index (κ1) is 15.8. The second-order valence-electron chi connectivity index (χ2n) is 4.67. The van der Waals surface area contributed by atoms with E-state index in [1.54, 1.807) is 24.3 Å². The SMILES string of the molecule is COC(=O)C(NC(=O)COc1ccc(N)cc1)C(C)C. The second-order valence-corrected chi connectivity index (χ2v) is 4.67. The van der Waals surface area contributed by atoms with E-state index in [4.69, 9.17) is 10.5 Å². The van der Waals surface area contributed by atoms with Gasteiger partial charge in [0.15, 0.2) is 6.61 Å². The van der Waals surface area contributed by atoms with Crippen LogP contribution < -0.4 is 15.8 Å². The zero-order valence-corrected chi connectivity index (χ0v) is 11.9. The molecule has 1 atom stereocenters. The van der Waals surface area contributed by atoms with Crippen LogP contribution in [0.3, 0.4) is 0 Å². The molecule has 0 heterocycles. The van der Waals surface area contributed by atoms with Crippen LogP contribution in [0.4, 0.5) is 5.69 Å². The second kappa shape index (κ2) is 7.37. The summed E-state index contributed by atoms with van der Waals surface area (Å²) in [4.78, 5) is 23.3. The standard InChI is InChI=1S/C14H20N2O4/c1-9(2)13(14(18)19-3)16-12(17)8-20-11-6-4-10(15)5-7-11/h4-7,9,13H,8,15H2,1-3H3,(H,16,17). The summed E-state index contributed by atoms with van der Waals surface area (Å²) in [5.41, 5.74) is 6.16. The third-order valence-corrected chi connectivity index (χ3v) is 2.69. The van der Waals surface area contributed by atoms with Crippen LogP contribution >= 0.6 is 0 Å². The lowest BCUT2D eigenvalue weighted by atomic mass is 10.0. The molecule has 0 aliphatic heterocycles. The maximum absolute atomic E-state index is 11.7. The first-order chi connectivity index (χ1) is 9.43. The lowest BCUT2D eigenvalue weighted by molar-refractivity contribution is -0.146. The van der Waals surface area contributed by atoms with Gasteiger partial charge in [-0.3, -0.25) is 4.79 Å². The van der Waals surface area contributed by atoms with Crippen LogP contribution in [0.2, 0.25) is 0 Å². The quantitative estimate of drug-likeness (QED) is 0.598. The van der Waals surface area contributed by atoms with Crippen LogP contribution in [0.25, 0.3) is 0 Å². The van der Waals surface area contributed by atoms with Crippen LogP contribution in [0.15, 0.2) is 24.3 Å². The van der Waals surface area contributed by atoms with E-state index in [9.17, 15) is 9.59 Å². The number of carbonyl (C=O) groups is 2. The van der Waals surface area contributed by atoms with E-state index in [0.29, 0.717) is 11.4 Å². The first-order valence-electron chi connectivity index (χ1n) is 6.29. The Kier molecular flexibility index (Phi) is 5.83. The van der Waals surface area contributed by atoms with E-state index in [2.05, 4.69) is 10.1 Å². The number of nitrogens with one attached hydrogen (secondary N) is 1. The predicted octanol–water partition coefficient (Wildman–Crippen LogP) is 0.961. The Morgan fingerprint density at radius 3 is 2.35 bits per heavy atom. The van der Waals surface area contributed by atoms with E-state index >= 15 is 0 Å². The van der Waals surface area contributed by atoms with Crippen molar-refractivity contribution in [1.29, 1.82) is 0 Å². The smallest absolute Gasteiger partial charge is 0.328 e. The minimum absolute atomic E-state index is 0.0667. The number of anilines is 1. The van der Waals surface area contributed by atoms with Crippen molar-refractivity contribution in [3.63, 3.8) is 0 Å². The van der Waals surface area contributed by atoms with Gasteiger partial charge in [0.2, 0.25) is 0 Å². The van der Waals surface area contributed by atoms with Crippen LogP contribution in [-0.4, -0.2) is 31.6 Å². The van der Waals surface area contributed by atoms with Gasteiger partial charge in [0.25, 0.3) is 5.91 Å². The molecule has 0 spiro atoms. The molecule has 1 amide bonds. The molecule has 1 rings (SSSR count). The number of hydrogen-bond donors (Lipinski definition) is 2. The Morgan fingerprint density at radius 1 is 1.25 bits per heavy atom. The van der Waals surface area contributed by atoms with Gasteiger partial charge in [0.05, 0.1) is 7.11 Å². The van der Waals surface area contributed by atoms with Gasteiger partial charge in [-0.25, -0.2) is 4.79 Å². The van der Waals surface area contributed by atoms with Gasteiger partial charge in [0, 0.05) is 5.69 Å². The molecule has 3 N–H and O–H groups in total. The Labute approximate surface area is 118 Å². The molecule has 0 saturated heterocycles. The summed E-state index contributed by atoms with van der Waals surface area (Å²) >= 11 is 0. The zero-order chi connectivity index (χ0) is 15.1. The number of benzene rings is 1. The predicted molar refractivity (Wildman–Crippen MR) is 75.1 cm³/mol. The van der Waals surface area contributed by atoms with Gasteiger partial charge < -0.3 is 20.5 Å². The van der Waals surface area contributed by atoms with E-state index in [1.807, 2.05) is 13.8 Å². The summed E-state index contributed by atoms with van der Waals surface area (Å²) in [5.74, 6) is -0.386. The van der Waals surface area contributed by atoms with Crippen LogP contribution in [-0.2, 0) is 14.3 Å². The topological polar surface area (TPSA) is 90.6 Å². The van der Waals surface area contributed by atoms with Crippen LogP contribution in [0.5, 0.6) is 5.75 Å². The minimum atomic E-state index is -0.678. The summed E-state index contributed by atoms with van der Waals surface area (Å²) in [6, 6.07) is 6.02. The number of carbonyl (C=O) groups excluding carboxylic acids is 2. The van der Waals surface area contributed by atoms with E-state index < -0.39 is 12.0 Å². The molecule has 0 aliphatic rings. The van der Waals surface area contributed by atoms with Gasteiger partial charge in [-0.1, -0.05) is 13.8 Å². The number of methoxy groups -OCH3 is 1. The third kappa shape index (κ3) is 4.79. The number of nitrogen functional groups attached to an aromatic ring is 1. The number of ether oxygens (including phenoxy) is 2. The molecular weight excluding hydrogens is 260 g/mol. The Morgan fingerprint density at radius 2 is 1.85 bits per heavy atom. The summed E-state index contributed by atoms with van der Waals surface area (Å²) in [5, 5.41) is 2.59. The molecule has 1 aromatic rings. The van der Waals surface area contributed by atoms with Crippen molar-refractivity contribution in [3.05, 3.63) is 24.3 Å². The lowest BCUT2D eigenvalue weighted by Crippen LogP contribution is -2.46. The van der Waals surface area contributed by atoms with Crippen molar-refractivity contribution in [1.82, 2.24) is 5.32 Å². The Hall–Kier alpha value is -2.24. The van der Waals surface area contributed by atoms with Gasteiger partial charge in [-0.15, -0.1) is 0 Å². The molecule has 6 nitrogen and oxygen atoms in total. The minimum Gasteiger partial charge on any atom is -0.484 e. The molecule has 0 bridgehead atoms. The van der Waals surface area contributed by atoms with Gasteiger partial charge in [0.1, 0.15) is 11.8 Å². The number of hydrogen-bond acceptors (Lipinski definition) is 5. The van der Waals surface area contributed by atoms with Crippen molar-refractivity contribution in [2.45, 2.75) is 19.9 Å². The van der Waals surface area contributed by atoms with Crippen molar-refractivity contribution < 1.29 is 19.1 Å². The molecule has 0 saturated carbocycles. The highest BCUT2D eigenvalue weighted by Crippen LogP contribution is 2.12. The maximum atomic E-state index is 11.7. The van der Waals surface area contributed by atoms with Crippen LogP contribution in [0, 0.1) is 5.92 Å². The van der Waals surface area contributed by atoms with Gasteiger partial charge in [-0.05, 0) is 30.2 Å². The maximum Gasteiger partial charge on any atom is 0.328 e. The number of amides is 1. The van der Waals surface area contributed by atoms with E-state index in [1.165, 1.54) is 7.11 Å². The van der Waals surface area contributed by atoms with E-state index in [0.717, 1.165) is 0 Å². The highest BCUT2D eigenvalue weighted by atomic mass is 16.5. The molecule has 0 aliphatic carbocycles. The normalized spacial score (nSPS) is 11.8. The fraction of sp³-hybridized carbons (Fsp3) is 0.429. The number of nitrogens with two attached hydrogens (primary N) is 1. The summed E-state index contributed by atoms with van der Waals surface area (Å²) in [7, 11) is 1.29. The monoisotopic (exact) mass is 280 g/mol. The van der Waals surface area contributed by atoms with Gasteiger partial charge in [-0.2, -0.15) is 0 Å². The molecule has 20 heavy (non-hydrogen) atoms. The average Bonchev–Trinajstić information content (AvgIpc) is 2.43. The Bertz CT molecular complexity index is 457. The summed E-state index contributed by atoms with van der Waals surface area (Å²) in [6.07, 6.45) is 0. The fourth-order valence-corrected chi connectivity index (χ4v) is 1.55. The first-order valence-corrected chi connectivity index (χ1v) is 6.29. The molecule has 110 valence electrons. The largest absolute Gasteiger partial charge is 0.484 e. The average molecular weight is 280 g/mol. The van der Waals surface area contributed by atoms with Gasteiger partial charge >= 0.3 is 5.97 Å². The van der Waals surface area contributed by atoms with Crippen molar-refractivity contribution in [2.24, 2.45) is 5.92 Å².